The van der Waals surface area contributed by atoms with Crippen LogP contribution in [0.1, 0.15) is 60.8 Å². The summed E-state index contributed by atoms with van der Waals surface area (Å²) in [5.74, 6) is -13.3. The summed E-state index contributed by atoms with van der Waals surface area (Å²) in [5, 5.41) is 46.4. The second kappa shape index (κ2) is 37.8. The zero-order chi connectivity index (χ0) is 72.4. The number of carboxylic acid groups (broad SMARTS) is 2. The Kier molecular flexibility index (Phi) is 28.9. The van der Waals surface area contributed by atoms with E-state index in [9.17, 15) is 67.7 Å². The summed E-state index contributed by atoms with van der Waals surface area (Å²) in [6, 6.07) is 17.2. The molecule has 0 aliphatic carbocycles. The number of carbonyl (C=O) groups is 12. The topological polar surface area (TPSA) is 465 Å². The monoisotopic (exact) mass is 1410 g/mol. The Bertz CT molecular complexity index is 3920. The van der Waals surface area contributed by atoms with Gasteiger partial charge in [-0.05, 0) is 47.6 Å². The number of aliphatic carboxylic acids is 2. The number of nitrogens with zero attached hydrogens (tertiary/aromatic N) is 2. The van der Waals surface area contributed by atoms with Crippen LogP contribution in [0.25, 0.3) is 10.9 Å². The Morgan fingerprint density at radius 3 is 1.30 bits per heavy atom. The zero-order valence-electron chi connectivity index (χ0n) is 54.8. The van der Waals surface area contributed by atoms with Gasteiger partial charge in [0.1, 0.15) is 60.4 Å². The number of rotatable bonds is 38. The van der Waals surface area contributed by atoms with E-state index in [0.717, 1.165) is 16.5 Å². The van der Waals surface area contributed by atoms with Gasteiger partial charge in [-0.3, -0.25) is 52.7 Å². The molecule has 0 saturated carbocycles. The van der Waals surface area contributed by atoms with Crippen molar-refractivity contribution in [2.75, 3.05) is 11.5 Å². The minimum Gasteiger partial charge on any atom is -0.481 e. The number of amides is 10. The molecule has 10 amide bonds. The molecule has 0 bridgehead atoms. The van der Waals surface area contributed by atoms with Crippen LogP contribution in [0.15, 0.2) is 147 Å². The van der Waals surface area contributed by atoms with Gasteiger partial charge in [0.25, 0.3) is 0 Å². The third-order valence-corrected chi connectivity index (χ3v) is 16.8. The average Bonchev–Trinajstić information content (AvgIpc) is 1.59. The summed E-state index contributed by atoms with van der Waals surface area (Å²) in [5.41, 5.74) is 10.0. The highest BCUT2D eigenvalue weighted by atomic mass is 32.1. The number of H-pyrrole nitrogens is 3. The van der Waals surface area contributed by atoms with Crippen LogP contribution in [0.3, 0.4) is 0 Å². The van der Waals surface area contributed by atoms with Crippen molar-refractivity contribution in [3.05, 3.63) is 180 Å². The molecule has 7 rings (SSSR count). The number of nitrogens with two attached hydrogens (primary N) is 1. The molecule has 4 aromatic carbocycles. The quantitative estimate of drug-likeness (QED) is 0.0220. The second-order valence-electron chi connectivity index (χ2n) is 24.0. The lowest BCUT2D eigenvalue weighted by Crippen LogP contribution is -2.61. The number of carboxylic acids is 2. The fraction of sp³-hybridized carbons (Fsp3) is 0.353. The van der Waals surface area contributed by atoms with Crippen LogP contribution in [0.4, 0.5) is 0 Å². The van der Waals surface area contributed by atoms with Gasteiger partial charge in [-0.25, -0.2) is 14.8 Å². The van der Waals surface area contributed by atoms with Crippen LogP contribution < -0.4 is 58.9 Å². The summed E-state index contributed by atoms with van der Waals surface area (Å²) in [6.45, 7) is 4.60. The van der Waals surface area contributed by atoms with Crippen LogP contribution in [0.2, 0.25) is 0 Å². The number of hydrogen-bond donors (Lipinski definition) is 18. The number of benzene rings is 4. The molecule has 17 N–H and O–H groups in total. The molecule has 0 fully saturated rings. The molecule has 0 aliphatic rings. The fourth-order valence-corrected chi connectivity index (χ4v) is 11.1. The maximum Gasteiger partial charge on any atom is 0.326 e. The van der Waals surface area contributed by atoms with Gasteiger partial charge < -0.3 is 84.1 Å². The lowest BCUT2D eigenvalue weighted by molar-refractivity contribution is -0.142. The first-order valence-electron chi connectivity index (χ1n) is 32.0. The first kappa shape index (κ1) is 76.5. The summed E-state index contributed by atoms with van der Waals surface area (Å²) >= 11 is 8.53. The largest absolute Gasteiger partial charge is 0.481 e. The Balaban J connectivity index is 1.06. The molecule has 0 radical (unpaired) electrons. The highest BCUT2D eigenvalue weighted by molar-refractivity contribution is 7.80. The van der Waals surface area contributed by atoms with Crippen molar-refractivity contribution >= 4 is 107 Å². The molecule has 0 aliphatic heterocycles. The fourth-order valence-electron chi connectivity index (χ4n) is 10.6. The smallest absolute Gasteiger partial charge is 0.326 e. The van der Waals surface area contributed by atoms with Gasteiger partial charge in [-0.2, -0.15) is 25.3 Å². The van der Waals surface area contributed by atoms with E-state index in [2.05, 4.69) is 103 Å². The van der Waals surface area contributed by atoms with E-state index < -0.39 is 150 Å². The maximum atomic E-state index is 14.7. The van der Waals surface area contributed by atoms with Crippen LogP contribution >= 0.6 is 25.3 Å². The van der Waals surface area contributed by atoms with Crippen molar-refractivity contribution in [2.24, 2.45) is 11.7 Å². The molecular weight excluding hydrogens is 1330 g/mol. The first-order valence-corrected chi connectivity index (χ1v) is 33.2. The van der Waals surface area contributed by atoms with Crippen LogP contribution in [-0.2, 0) is 96.1 Å². The molecule has 0 spiro atoms. The molecule has 3 aromatic heterocycles. The number of fused-ring (bicyclic) bond motifs is 1. The van der Waals surface area contributed by atoms with E-state index in [1.54, 1.807) is 98.9 Å². The first-order chi connectivity index (χ1) is 47.9. The van der Waals surface area contributed by atoms with Crippen molar-refractivity contribution in [1.29, 1.82) is 0 Å². The van der Waals surface area contributed by atoms with E-state index in [-0.39, 0.29) is 55.7 Å². The van der Waals surface area contributed by atoms with Gasteiger partial charge in [0.15, 0.2) is 0 Å². The summed E-state index contributed by atoms with van der Waals surface area (Å²) in [4.78, 5) is 183. The van der Waals surface area contributed by atoms with E-state index in [0.29, 0.717) is 22.4 Å². The van der Waals surface area contributed by atoms with Crippen molar-refractivity contribution in [1.82, 2.24) is 78.1 Å². The van der Waals surface area contributed by atoms with Gasteiger partial charge in [-0.1, -0.05) is 123 Å². The zero-order valence-corrected chi connectivity index (χ0v) is 56.6. The molecule has 100 heavy (non-hydrogen) atoms. The van der Waals surface area contributed by atoms with Gasteiger partial charge in [0, 0.05) is 73.1 Å². The number of carbonyl (C=O) groups excluding carboxylic acids is 10. The van der Waals surface area contributed by atoms with Gasteiger partial charge in [-0.15, -0.1) is 0 Å². The van der Waals surface area contributed by atoms with Crippen LogP contribution in [0.5, 0.6) is 0 Å². The van der Waals surface area contributed by atoms with Gasteiger partial charge >= 0.3 is 11.9 Å². The number of aromatic amines is 3. The van der Waals surface area contributed by atoms with Crippen LogP contribution in [0, 0.1) is 5.92 Å². The Hall–Kier alpha value is -10.9. The number of imidazole rings is 2. The molecule has 30 nitrogen and oxygen atoms in total. The van der Waals surface area contributed by atoms with Crippen molar-refractivity contribution in [3.8, 4) is 0 Å². The summed E-state index contributed by atoms with van der Waals surface area (Å²) < 4.78 is 0. The van der Waals surface area contributed by atoms with Crippen molar-refractivity contribution < 1.29 is 67.7 Å². The predicted octanol–water partition coefficient (Wildman–Crippen LogP) is -0.360. The predicted molar refractivity (Wildman–Crippen MR) is 372 cm³/mol. The van der Waals surface area contributed by atoms with Crippen molar-refractivity contribution in [3.63, 3.8) is 0 Å². The highest BCUT2D eigenvalue weighted by Crippen LogP contribution is 2.20. The average molecular weight is 1410 g/mol. The number of thiol groups is 2. The van der Waals surface area contributed by atoms with E-state index >= 15 is 0 Å². The SMILES string of the molecule is CC(C)[C@H](NC(=O)[C@H](Cc1c[nH]c2ccccc12)NC(=O)[C@H](CS)NC(=O)[C@@H](N)Cc1ccccc1)C(=O)N[C@@H](Cc1ccccc1)C(=O)N[C@@H](C)C(=O)N[C@@H](Cc1ccccc1)C(=O)N[C@@H](CC(=O)O)C(=O)N[C@@H](Cc1c[nH]cn1)C(=O)N[C@@H](CS)C(=O)N[C@@H](Cc1c[nH]cn1)C(=O)O. The standard InChI is InChI=1S/C68H82N16O14S2/c1-37(2)57(84-64(93)50(26-42-30-72-47-22-14-13-21-45(42)47)77-65(94)54(33-99)82-59(88)46(69)23-39-15-7-4-8-16-39)67(96)80-48(24-40-17-9-5-10-18-40)60(89)75-38(3)58(87)76-49(25-41-19-11-6-12-20-41)61(90)79-52(29-56(85)86)63(92)78-51(27-43-31-70-35-73-43)62(91)83-55(34-100)66(95)81-53(68(97)98)28-44-32-71-36-74-44/h4-22,30-32,35-38,46,48-55,57,72,99-100H,23-29,33-34,69H2,1-3H3,(H,70,73)(H,71,74)(H,75,89)(H,76,87)(H,77,94)(H,78,92)(H,79,90)(H,80,96)(H,81,95)(H,82,88)(H,83,91)(H,84,93)(H,85,86)(H,97,98)/t38-,46-,48-,49-,50-,51-,52-,53-,54-,55-,57-/m0/s1. The highest BCUT2D eigenvalue weighted by Gasteiger charge is 2.37. The third-order valence-electron chi connectivity index (χ3n) is 16.0. The van der Waals surface area contributed by atoms with E-state index in [1.165, 1.54) is 32.0 Å². The minimum absolute atomic E-state index is 0.0920. The third kappa shape index (κ3) is 23.1. The molecule has 7 aromatic rings. The summed E-state index contributed by atoms with van der Waals surface area (Å²) in [7, 11) is 0. The molecular formula is C68H82N16O14S2. The minimum atomic E-state index is -1.93. The lowest BCUT2D eigenvalue weighted by Gasteiger charge is -2.29. The Labute approximate surface area is 585 Å². The maximum absolute atomic E-state index is 14.7. The molecule has 11 atom stereocenters. The normalized spacial score (nSPS) is 14.5. The van der Waals surface area contributed by atoms with E-state index in [4.69, 9.17) is 5.73 Å². The molecule has 0 unspecified atom stereocenters. The van der Waals surface area contributed by atoms with Crippen molar-refractivity contribution in [2.45, 2.75) is 132 Å². The number of para-hydroxylation sites is 1. The molecule has 32 heteroatoms. The van der Waals surface area contributed by atoms with Gasteiger partial charge in [0.2, 0.25) is 59.1 Å². The molecule has 3 heterocycles. The van der Waals surface area contributed by atoms with Gasteiger partial charge in [0.05, 0.1) is 36.5 Å². The Morgan fingerprint density at radius 1 is 0.420 bits per heavy atom. The number of aromatic nitrogens is 5. The number of nitrogens with one attached hydrogen (secondary N) is 13. The molecule has 0 saturated heterocycles. The second-order valence-corrected chi connectivity index (χ2v) is 24.8. The lowest BCUT2D eigenvalue weighted by atomic mass is 9.99. The molecule has 530 valence electrons. The van der Waals surface area contributed by atoms with Crippen LogP contribution in [-0.4, -0.2) is 184 Å². The Morgan fingerprint density at radius 2 is 0.810 bits per heavy atom. The number of hydrogen-bond acceptors (Lipinski definition) is 17. The van der Waals surface area contributed by atoms with E-state index in [1.807, 2.05) is 36.4 Å². The summed E-state index contributed by atoms with van der Waals surface area (Å²) in [6.07, 6.45) is 5.19.